The van der Waals surface area contributed by atoms with Gasteiger partial charge in [-0.1, -0.05) is 30.3 Å². The number of amides is 1. The molecule has 0 saturated heterocycles. The second-order valence-corrected chi connectivity index (χ2v) is 8.37. The average Bonchev–Trinajstić information content (AvgIpc) is 2.69. The summed E-state index contributed by atoms with van der Waals surface area (Å²) < 4.78 is 47.0. The molecule has 0 aliphatic rings. The summed E-state index contributed by atoms with van der Waals surface area (Å²) in [5.74, 6) is -0.561. The van der Waals surface area contributed by atoms with E-state index in [-0.39, 0.29) is 22.9 Å². The van der Waals surface area contributed by atoms with Gasteiger partial charge in [-0.2, -0.15) is 0 Å². The van der Waals surface area contributed by atoms with Crippen LogP contribution in [0.2, 0.25) is 0 Å². The van der Waals surface area contributed by atoms with E-state index in [1.54, 1.807) is 31.2 Å². The number of ether oxygens (including phenoxy) is 1. The number of anilines is 2. The molecule has 0 spiro atoms. The first-order valence-electron chi connectivity index (χ1n) is 9.12. The van der Waals surface area contributed by atoms with Crippen LogP contribution in [0.5, 0.6) is 5.75 Å². The van der Waals surface area contributed by atoms with Crippen LogP contribution in [0.1, 0.15) is 11.1 Å². The quantitative estimate of drug-likeness (QED) is 0.589. The maximum absolute atomic E-state index is 13.8. The summed E-state index contributed by atoms with van der Waals surface area (Å²) in [5, 5.41) is 2.61. The lowest BCUT2D eigenvalue weighted by atomic mass is 10.2. The third-order valence-electron chi connectivity index (χ3n) is 4.24. The van der Waals surface area contributed by atoms with Gasteiger partial charge in [0.2, 0.25) is 0 Å². The molecular formula is C22H21FN2O4S. The average molecular weight is 428 g/mol. The third-order valence-corrected chi connectivity index (χ3v) is 5.75. The number of para-hydroxylation sites is 1. The van der Waals surface area contributed by atoms with Crippen molar-refractivity contribution in [2.24, 2.45) is 0 Å². The zero-order valence-electron chi connectivity index (χ0n) is 16.5. The molecule has 156 valence electrons. The van der Waals surface area contributed by atoms with Gasteiger partial charge >= 0.3 is 0 Å². The minimum atomic E-state index is -4.06. The molecule has 2 N–H and O–H groups in total. The van der Waals surface area contributed by atoms with Gasteiger partial charge in [-0.05, 0) is 61.4 Å². The number of carbonyl (C=O) groups excluding carboxylic acids is 1. The first kappa shape index (κ1) is 21.3. The Kier molecular flexibility index (Phi) is 6.37. The second kappa shape index (κ2) is 8.96. The molecule has 0 aliphatic carbocycles. The number of hydrogen-bond donors (Lipinski definition) is 2. The van der Waals surface area contributed by atoms with E-state index in [0.717, 1.165) is 11.6 Å². The largest absolute Gasteiger partial charge is 0.484 e. The highest BCUT2D eigenvalue weighted by Crippen LogP contribution is 2.24. The second-order valence-electron chi connectivity index (χ2n) is 6.72. The molecule has 0 bridgehead atoms. The molecule has 0 saturated carbocycles. The highest BCUT2D eigenvalue weighted by atomic mass is 32.2. The number of hydrogen-bond acceptors (Lipinski definition) is 4. The van der Waals surface area contributed by atoms with Crippen molar-refractivity contribution in [2.45, 2.75) is 18.7 Å². The van der Waals surface area contributed by atoms with E-state index < -0.39 is 21.7 Å². The molecule has 3 aromatic rings. The maximum atomic E-state index is 13.8. The predicted octanol–water partition coefficient (Wildman–Crippen LogP) is 4.26. The Morgan fingerprint density at radius 2 is 1.77 bits per heavy atom. The summed E-state index contributed by atoms with van der Waals surface area (Å²) in [6, 6.07) is 17.2. The van der Waals surface area contributed by atoms with Gasteiger partial charge in [0.05, 0.1) is 10.6 Å². The fraction of sp³-hybridized carbons (Fsp3) is 0.136. The standard InChI is InChI=1S/C22H21FN2O4S/c1-15-6-5-7-18(12-15)29-14-22(26)24-17-11-10-16(2)21(13-17)30(27,28)25-20-9-4-3-8-19(20)23/h3-13,25H,14H2,1-2H3,(H,24,26). The number of halogens is 1. The van der Waals surface area contributed by atoms with Crippen LogP contribution in [0.4, 0.5) is 15.8 Å². The molecule has 3 aromatic carbocycles. The summed E-state index contributed by atoms with van der Waals surface area (Å²) in [6.07, 6.45) is 0. The number of sulfonamides is 1. The van der Waals surface area contributed by atoms with Gasteiger partial charge in [0.25, 0.3) is 15.9 Å². The van der Waals surface area contributed by atoms with Gasteiger partial charge in [-0.15, -0.1) is 0 Å². The molecule has 0 atom stereocenters. The Morgan fingerprint density at radius 1 is 1.00 bits per heavy atom. The Bertz CT molecular complexity index is 1180. The number of benzene rings is 3. The molecule has 8 heteroatoms. The highest BCUT2D eigenvalue weighted by molar-refractivity contribution is 7.92. The molecule has 30 heavy (non-hydrogen) atoms. The van der Waals surface area contributed by atoms with Crippen LogP contribution in [0, 0.1) is 19.7 Å². The van der Waals surface area contributed by atoms with E-state index in [1.165, 1.54) is 24.3 Å². The van der Waals surface area contributed by atoms with Crippen molar-refractivity contribution >= 4 is 27.3 Å². The van der Waals surface area contributed by atoms with Crippen LogP contribution >= 0.6 is 0 Å². The predicted molar refractivity (Wildman–Crippen MR) is 114 cm³/mol. The van der Waals surface area contributed by atoms with Crippen molar-refractivity contribution in [1.29, 1.82) is 0 Å². The monoisotopic (exact) mass is 428 g/mol. The van der Waals surface area contributed by atoms with Gasteiger partial charge in [0.15, 0.2) is 6.61 Å². The van der Waals surface area contributed by atoms with Gasteiger partial charge in [0.1, 0.15) is 11.6 Å². The van der Waals surface area contributed by atoms with Crippen molar-refractivity contribution < 1.29 is 22.3 Å². The van der Waals surface area contributed by atoms with Crippen molar-refractivity contribution in [1.82, 2.24) is 0 Å². The first-order valence-corrected chi connectivity index (χ1v) is 10.6. The Balaban J connectivity index is 1.72. The smallest absolute Gasteiger partial charge is 0.262 e. The summed E-state index contributed by atoms with van der Waals surface area (Å²) in [4.78, 5) is 12.1. The number of nitrogens with one attached hydrogen (secondary N) is 2. The molecule has 0 aliphatic heterocycles. The normalized spacial score (nSPS) is 11.0. The van der Waals surface area contributed by atoms with Crippen molar-refractivity contribution in [3.63, 3.8) is 0 Å². The number of carbonyl (C=O) groups is 1. The van der Waals surface area contributed by atoms with Crippen molar-refractivity contribution in [3.8, 4) is 5.75 Å². The van der Waals surface area contributed by atoms with Crippen LogP contribution in [0.15, 0.2) is 71.6 Å². The Hall–Kier alpha value is -3.39. The van der Waals surface area contributed by atoms with Gasteiger partial charge in [0, 0.05) is 5.69 Å². The fourth-order valence-electron chi connectivity index (χ4n) is 2.76. The molecule has 0 heterocycles. The molecule has 3 rings (SSSR count). The molecule has 0 aromatic heterocycles. The van der Waals surface area contributed by atoms with E-state index in [1.807, 2.05) is 19.1 Å². The van der Waals surface area contributed by atoms with Crippen LogP contribution in [0.3, 0.4) is 0 Å². The van der Waals surface area contributed by atoms with Crippen LogP contribution in [-0.4, -0.2) is 20.9 Å². The molecule has 0 unspecified atom stereocenters. The van der Waals surface area contributed by atoms with E-state index in [4.69, 9.17) is 4.74 Å². The Morgan fingerprint density at radius 3 is 2.50 bits per heavy atom. The van der Waals surface area contributed by atoms with Crippen molar-refractivity contribution in [3.05, 3.63) is 83.7 Å². The first-order chi connectivity index (χ1) is 14.2. The summed E-state index contributed by atoms with van der Waals surface area (Å²) in [5.41, 5.74) is 1.58. The van der Waals surface area contributed by atoms with E-state index >= 15 is 0 Å². The summed E-state index contributed by atoms with van der Waals surface area (Å²) in [6.45, 7) is 3.30. The molecular weight excluding hydrogens is 407 g/mol. The van der Waals surface area contributed by atoms with Gasteiger partial charge in [-0.25, -0.2) is 12.8 Å². The molecule has 6 nitrogen and oxygen atoms in total. The fourth-order valence-corrected chi connectivity index (χ4v) is 4.10. The van der Waals surface area contributed by atoms with Crippen LogP contribution in [-0.2, 0) is 14.8 Å². The van der Waals surface area contributed by atoms with Gasteiger partial charge in [-0.3, -0.25) is 9.52 Å². The molecule has 1 amide bonds. The summed E-state index contributed by atoms with van der Waals surface area (Å²) >= 11 is 0. The molecule has 0 fully saturated rings. The van der Waals surface area contributed by atoms with E-state index in [0.29, 0.717) is 11.3 Å². The van der Waals surface area contributed by atoms with E-state index in [9.17, 15) is 17.6 Å². The van der Waals surface area contributed by atoms with Crippen molar-refractivity contribution in [2.75, 3.05) is 16.6 Å². The molecule has 0 radical (unpaired) electrons. The lowest BCUT2D eigenvalue weighted by Crippen LogP contribution is -2.21. The minimum absolute atomic E-state index is 0.0665. The van der Waals surface area contributed by atoms with Crippen LogP contribution in [0.25, 0.3) is 0 Å². The SMILES string of the molecule is Cc1cccc(OCC(=O)Nc2ccc(C)c(S(=O)(=O)Nc3ccccc3F)c2)c1. The summed E-state index contributed by atoms with van der Waals surface area (Å²) in [7, 11) is -4.06. The lowest BCUT2D eigenvalue weighted by Gasteiger charge is -2.13. The zero-order chi connectivity index (χ0) is 21.7. The number of aryl methyl sites for hydroxylation is 2. The zero-order valence-corrected chi connectivity index (χ0v) is 17.3. The topological polar surface area (TPSA) is 84.5 Å². The van der Waals surface area contributed by atoms with Gasteiger partial charge < -0.3 is 10.1 Å². The number of rotatable bonds is 7. The lowest BCUT2D eigenvalue weighted by molar-refractivity contribution is -0.118. The highest BCUT2D eigenvalue weighted by Gasteiger charge is 2.19. The minimum Gasteiger partial charge on any atom is -0.484 e. The Labute approximate surface area is 174 Å². The van der Waals surface area contributed by atoms with E-state index in [2.05, 4.69) is 10.0 Å². The van der Waals surface area contributed by atoms with Crippen LogP contribution < -0.4 is 14.8 Å². The maximum Gasteiger partial charge on any atom is 0.262 e. The third kappa shape index (κ3) is 5.36.